The minimum Gasteiger partial charge on any atom is -0.368 e. The minimum absolute atomic E-state index is 0.0165. The molecule has 4 N–H and O–H groups in total. The van der Waals surface area contributed by atoms with Crippen molar-refractivity contribution in [3.63, 3.8) is 0 Å². The standard InChI is InChI=1S/C21H30N6O/c1-20(15-27(19(23)28)17-13-24-18(22)25-14-17)9-11-21(12-10-20,26(2)3)16-7-5-4-6-8-16/h4-8,13-14H,9-12,15H2,1-3H3,(H2,23,28)(H2,22,24,25)/t20-,21-. The average molecular weight is 383 g/mol. The lowest BCUT2D eigenvalue weighted by molar-refractivity contribution is 0.0459. The van der Waals surface area contributed by atoms with Gasteiger partial charge in [-0.15, -0.1) is 0 Å². The van der Waals surface area contributed by atoms with Crippen molar-refractivity contribution in [2.75, 3.05) is 31.3 Å². The number of nitrogen functional groups attached to an aromatic ring is 1. The van der Waals surface area contributed by atoms with Gasteiger partial charge in [0.1, 0.15) is 0 Å². The summed E-state index contributed by atoms with van der Waals surface area (Å²) in [5.41, 5.74) is 13.1. The Bertz CT molecular complexity index is 797. The van der Waals surface area contributed by atoms with Gasteiger partial charge in [-0.2, -0.15) is 0 Å². The predicted molar refractivity (Wildman–Crippen MR) is 112 cm³/mol. The molecule has 1 fully saturated rings. The van der Waals surface area contributed by atoms with Crippen molar-refractivity contribution in [1.82, 2.24) is 14.9 Å². The zero-order valence-corrected chi connectivity index (χ0v) is 16.9. The van der Waals surface area contributed by atoms with E-state index in [1.54, 1.807) is 17.3 Å². The van der Waals surface area contributed by atoms with Gasteiger partial charge in [-0.25, -0.2) is 14.8 Å². The van der Waals surface area contributed by atoms with Crippen molar-refractivity contribution in [2.24, 2.45) is 11.1 Å². The molecule has 2 aromatic rings. The van der Waals surface area contributed by atoms with E-state index in [0.717, 1.165) is 25.7 Å². The lowest BCUT2D eigenvalue weighted by Gasteiger charge is -2.50. The molecule has 7 heteroatoms. The predicted octanol–water partition coefficient (Wildman–Crippen LogP) is 2.98. The van der Waals surface area contributed by atoms with Gasteiger partial charge < -0.3 is 11.5 Å². The van der Waals surface area contributed by atoms with Crippen LogP contribution >= 0.6 is 0 Å². The van der Waals surface area contributed by atoms with Crippen molar-refractivity contribution in [1.29, 1.82) is 0 Å². The van der Waals surface area contributed by atoms with E-state index < -0.39 is 6.03 Å². The molecule has 1 aliphatic carbocycles. The molecule has 1 heterocycles. The highest BCUT2D eigenvalue weighted by Crippen LogP contribution is 2.48. The summed E-state index contributed by atoms with van der Waals surface area (Å²) in [5.74, 6) is 0.177. The summed E-state index contributed by atoms with van der Waals surface area (Å²) >= 11 is 0. The number of carbonyl (C=O) groups is 1. The van der Waals surface area contributed by atoms with Crippen LogP contribution in [0.4, 0.5) is 16.4 Å². The first-order valence-corrected chi connectivity index (χ1v) is 9.63. The third kappa shape index (κ3) is 3.94. The number of nitrogens with two attached hydrogens (primary N) is 2. The molecule has 7 nitrogen and oxygen atoms in total. The minimum atomic E-state index is -0.498. The largest absolute Gasteiger partial charge is 0.368 e. The summed E-state index contributed by atoms with van der Waals surface area (Å²) in [6.45, 7) is 2.76. The van der Waals surface area contributed by atoms with E-state index in [-0.39, 0.29) is 16.9 Å². The Morgan fingerprint density at radius 3 is 2.14 bits per heavy atom. The number of urea groups is 1. The first kappa shape index (κ1) is 20.1. The average Bonchev–Trinajstić information content (AvgIpc) is 2.68. The molecule has 150 valence electrons. The number of carbonyl (C=O) groups excluding carboxylic acids is 1. The number of hydrogen-bond acceptors (Lipinski definition) is 5. The van der Waals surface area contributed by atoms with E-state index in [1.807, 2.05) is 0 Å². The molecule has 0 unspecified atom stereocenters. The van der Waals surface area contributed by atoms with Gasteiger partial charge in [0, 0.05) is 12.1 Å². The summed E-state index contributed by atoms with van der Waals surface area (Å²) in [6.07, 6.45) is 7.11. The molecule has 0 aliphatic heterocycles. The molecular formula is C21H30N6O. The third-order valence-corrected chi connectivity index (χ3v) is 6.23. The molecule has 28 heavy (non-hydrogen) atoms. The zero-order valence-electron chi connectivity index (χ0n) is 16.9. The van der Waals surface area contributed by atoms with Crippen LogP contribution in [0.1, 0.15) is 38.2 Å². The summed E-state index contributed by atoms with van der Waals surface area (Å²) in [7, 11) is 4.30. The van der Waals surface area contributed by atoms with Gasteiger partial charge in [-0.05, 0) is 50.8 Å². The second-order valence-corrected chi connectivity index (χ2v) is 8.33. The molecule has 1 aliphatic rings. The monoisotopic (exact) mass is 382 g/mol. The zero-order chi connectivity index (χ0) is 20.4. The van der Waals surface area contributed by atoms with Crippen LogP contribution in [0.25, 0.3) is 0 Å². The van der Waals surface area contributed by atoms with E-state index in [4.69, 9.17) is 11.5 Å². The number of amides is 2. The normalized spacial score (nSPS) is 24.9. The Labute approximate surface area is 166 Å². The smallest absolute Gasteiger partial charge is 0.319 e. The molecule has 2 amide bonds. The number of hydrogen-bond donors (Lipinski definition) is 2. The van der Waals surface area contributed by atoms with Gasteiger partial charge >= 0.3 is 6.03 Å². The lowest BCUT2D eigenvalue weighted by atomic mass is 9.65. The van der Waals surface area contributed by atoms with E-state index in [2.05, 4.69) is 66.2 Å². The molecule has 1 aromatic carbocycles. The van der Waals surface area contributed by atoms with Gasteiger partial charge in [0.05, 0.1) is 18.1 Å². The van der Waals surface area contributed by atoms with Crippen LogP contribution in [-0.2, 0) is 5.54 Å². The maximum absolute atomic E-state index is 12.1. The number of aromatic nitrogens is 2. The van der Waals surface area contributed by atoms with Crippen LogP contribution < -0.4 is 16.4 Å². The molecular weight excluding hydrogens is 352 g/mol. The van der Waals surface area contributed by atoms with Crippen molar-refractivity contribution in [3.8, 4) is 0 Å². The van der Waals surface area contributed by atoms with Crippen molar-refractivity contribution in [2.45, 2.75) is 38.1 Å². The molecule has 1 aromatic heterocycles. The van der Waals surface area contributed by atoms with Crippen LogP contribution in [0.2, 0.25) is 0 Å². The van der Waals surface area contributed by atoms with Crippen molar-refractivity contribution < 1.29 is 4.79 Å². The first-order valence-electron chi connectivity index (χ1n) is 9.63. The van der Waals surface area contributed by atoms with Crippen molar-refractivity contribution in [3.05, 3.63) is 48.3 Å². The summed E-state index contributed by atoms with van der Waals surface area (Å²) < 4.78 is 0. The number of nitrogens with zero attached hydrogens (tertiary/aromatic N) is 4. The van der Waals surface area contributed by atoms with Crippen LogP contribution in [0.15, 0.2) is 42.7 Å². The molecule has 3 rings (SSSR count). The first-order chi connectivity index (χ1) is 13.3. The second-order valence-electron chi connectivity index (χ2n) is 8.33. The van der Waals surface area contributed by atoms with Gasteiger partial charge in [-0.1, -0.05) is 37.3 Å². The third-order valence-electron chi connectivity index (χ3n) is 6.23. The van der Waals surface area contributed by atoms with E-state index in [9.17, 15) is 4.79 Å². The van der Waals surface area contributed by atoms with Gasteiger partial charge in [0.15, 0.2) is 0 Å². The Hall–Kier alpha value is -2.67. The van der Waals surface area contributed by atoms with E-state index in [0.29, 0.717) is 12.2 Å². The molecule has 0 atom stereocenters. The molecule has 1 saturated carbocycles. The topological polar surface area (TPSA) is 101 Å². The van der Waals surface area contributed by atoms with Crippen LogP contribution in [0.5, 0.6) is 0 Å². The van der Waals surface area contributed by atoms with Gasteiger partial charge in [0.25, 0.3) is 0 Å². The Morgan fingerprint density at radius 2 is 1.64 bits per heavy atom. The maximum Gasteiger partial charge on any atom is 0.319 e. The number of primary amides is 1. The second kappa shape index (κ2) is 7.75. The highest BCUT2D eigenvalue weighted by atomic mass is 16.2. The molecule has 0 bridgehead atoms. The maximum atomic E-state index is 12.1. The quantitative estimate of drug-likeness (QED) is 0.828. The van der Waals surface area contributed by atoms with Crippen molar-refractivity contribution >= 4 is 17.7 Å². The van der Waals surface area contributed by atoms with E-state index in [1.165, 1.54) is 5.56 Å². The van der Waals surface area contributed by atoms with Crippen LogP contribution in [0.3, 0.4) is 0 Å². The Morgan fingerprint density at radius 1 is 1.07 bits per heavy atom. The highest BCUT2D eigenvalue weighted by molar-refractivity contribution is 5.90. The summed E-state index contributed by atoms with van der Waals surface area (Å²) in [6, 6.07) is 10.2. The SMILES string of the molecule is CN(C)[C@]1(c2ccccc2)CC[C@@](C)(CN(C(N)=O)c2cnc(N)nc2)CC1. The number of rotatable bonds is 5. The number of anilines is 2. The lowest BCUT2D eigenvalue weighted by Crippen LogP contribution is -2.50. The fourth-order valence-electron chi connectivity index (χ4n) is 4.32. The molecule has 0 saturated heterocycles. The molecule has 0 radical (unpaired) electrons. The van der Waals surface area contributed by atoms with E-state index >= 15 is 0 Å². The van der Waals surface area contributed by atoms with Crippen LogP contribution in [0, 0.1) is 5.41 Å². The van der Waals surface area contributed by atoms with Gasteiger partial charge in [-0.3, -0.25) is 9.80 Å². The Kier molecular flexibility index (Phi) is 5.56. The van der Waals surface area contributed by atoms with Gasteiger partial charge in [0.2, 0.25) is 5.95 Å². The highest BCUT2D eigenvalue weighted by Gasteiger charge is 2.44. The fraction of sp³-hybridized carbons (Fsp3) is 0.476. The molecule has 0 spiro atoms. The summed E-state index contributed by atoms with van der Waals surface area (Å²) in [5, 5.41) is 0. The Balaban J connectivity index is 1.79. The van der Waals surface area contributed by atoms with Crippen LogP contribution in [-0.4, -0.2) is 41.5 Å². The fourth-order valence-corrected chi connectivity index (χ4v) is 4.32. The summed E-state index contributed by atoms with van der Waals surface area (Å²) in [4.78, 5) is 24.0. The number of benzene rings is 1.